The summed E-state index contributed by atoms with van der Waals surface area (Å²) >= 11 is 0. The molecule has 10 nitrogen and oxygen atoms in total. The third-order valence-electron chi connectivity index (χ3n) is 2.14. The number of nitro groups is 2. The summed E-state index contributed by atoms with van der Waals surface area (Å²) in [7, 11) is -4.14. The highest BCUT2D eigenvalue weighted by Gasteiger charge is 2.28. The van der Waals surface area contributed by atoms with Gasteiger partial charge in [-0.15, -0.1) is 0 Å². The van der Waals surface area contributed by atoms with Crippen LogP contribution >= 0.6 is 0 Å². The molecule has 0 aliphatic heterocycles. The van der Waals surface area contributed by atoms with Crippen LogP contribution in [0.2, 0.25) is 0 Å². The largest absolute Gasteiger partial charge is 0.392 e. The van der Waals surface area contributed by atoms with Crippen molar-refractivity contribution in [1.29, 1.82) is 0 Å². The number of nitrogens with two attached hydrogens (primary N) is 1. The number of non-ortho nitro benzene ring substituents is 1. The molecule has 19 heavy (non-hydrogen) atoms. The van der Waals surface area contributed by atoms with Gasteiger partial charge in [-0.3, -0.25) is 20.2 Å². The lowest BCUT2D eigenvalue weighted by Gasteiger charge is -2.07. The van der Waals surface area contributed by atoms with Crippen molar-refractivity contribution < 1.29 is 18.3 Å². The smallest absolute Gasteiger partial charge is 0.300 e. The topological polar surface area (TPSA) is 158 Å². The van der Waals surface area contributed by atoms with Crippen LogP contribution in [0.25, 0.3) is 0 Å². The number of hydrogen-bond donors (Lipinski definition) is 2. The molecular formula is C8H10N4O6S. The predicted molar refractivity (Wildman–Crippen MR) is 65.0 cm³/mol. The van der Waals surface area contributed by atoms with Crippen molar-refractivity contribution in [1.82, 2.24) is 4.72 Å². The number of sulfonamides is 1. The van der Waals surface area contributed by atoms with E-state index in [0.717, 1.165) is 0 Å². The average Bonchev–Trinajstić information content (AvgIpc) is 2.27. The second kappa shape index (κ2) is 5.16. The van der Waals surface area contributed by atoms with Crippen LogP contribution < -0.4 is 10.5 Å². The Balaban J connectivity index is 3.64. The van der Waals surface area contributed by atoms with Gasteiger partial charge in [-0.1, -0.05) is 6.92 Å². The number of nitrogen functional groups attached to an aromatic ring is 1. The zero-order valence-corrected chi connectivity index (χ0v) is 10.5. The molecule has 0 saturated heterocycles. The lowest BCUT2D eigenvalue weighted by molar-refractivity contribution is -0.393. The molecule has 1 aromatic carbocycles. The van der Waals surface area contributed by atoms with E-state index in [1.54, 1.807) is 0 Å². The highest BCUT2D eigenvalue weighted by atomic mass is 32.2. The molecule has 0 saturated carbocycles. The molecule has 0 aliphatic carbocycles. The van der Waals surface area contributed by atoms with Crippen LogP contribution in [0.1, 0.15) is 6.92 Å². The fourth-order valence-corrected chi connectivity index (χ4v) is 2.55. The Morgan fingerprint density at radius 3 is 2.26 bits per heavy atom. The van der Waals surface area contributed by atoms with Crippen LogP contribution in [-0.2, 0) is 10.0 Å². The van der Waals surface area contributed by atoms with Gasteiger partial charge in [-0.2, -0.15) is 0 Å². The van der Waals surface area contributed by atoms with Gasteiger partial charge in [0.1, 0.15) is 10.6 Å². The maximum Gasteiger partial charge on any atom is 0.300 e. The van der Waals surface area contributed by atoms with Crippen molar-refractivity contribution in [2.24, 2.45) is 0 Å². The number of anilines is 1. The van der Waals surface area contributed by atoms with Crippen LogP contribution in [0, 0.1) is 20.2 Å². The number of rotatable bonds is 5. The number of hydrogen-bond acceptors (Lipinski definition) is 7. The third kappa shape index (κ3) is 2.95. The summed E-state index contributed by atoms with van der Waals surface area (Å²) in [5.41, 5.74) is 3.19. The first-order valence-electron chi connectivity index (χ1n) is 4.92. The SMILES string of the molecule is CCNS(=O)(=O)c1cc([N+](=O)[O-])cc([N+](=O)[O-])c1N. The molecule has 0 heterocycles. The van der Waals surface area contributed by atoms with Crippen LogP contribution in [0.15, 0.2) is 17.0 Å². The number of nitrogens with zero attached hydrogens (tertiary/aromatic N) is 2. The molecule has 0 bridgehead atoms. The summed E-state index contributed by atoms with van der Waals surface area (Å²) in [6, 6.07) is 1.29. The second-order valence-corrected chi connectivity index (χ2v) is 5.13. The van der Waals surface area contributed by atoms with E-state index in [1.807, 2.05) is 0 Å². The zero-order valence-electron chi connectivity index (χ0n) is 9.69. The molecule has 0 aromatic heterocycles. The summed E-state index contributed by atoms with van der Waals surface area (Å²) in [5.74, 6) is 0. The molecular weight excluding hydrogens is 280 g/mol. The minimum absolute atomic E-state index is 0.0122. The maximum atomic E-state index is 11.8. The van der Waals surface area contributed by atoms with E-state index >= 15 is 0 Å². The molecule has 11 heteroatoms. The summed E-state index contributed by atoms with van der Waals surface area (Å²) in [6.07, 6.45) is 0. The van der Waals surface area contributed by atoms with Crippen molar-refractivity contribution in [3.8, 4) is 0 Å². The van der Waals surface area contributed by atoms with Crippen molar-refractivity contribution in [2.45, 2.75) is 11.8 Å². The second-order valence-electron chi connectivity index (χ2n) is 3.39. The summed E-state index contributed by atoms with van der Waals surface area (Å²) < 4.78 is 25.6. The molecule has 0 radical (unpaired) electrons. The average molecular weight is 290 g/mol. The third-order valence-corrected chi connectivity index (χ3v) is 3.72. The molecule has 0 fully saturated rings. The Bertz CT molecular complexity index is 641. The van der Waals surface area contributed by atoms with Crippen LogP contribution in [-0.4, -0.2) is 24.8 Å². The monoisotopic (exact) mass is 290 g/mol. The van der Waals surface area contributed by atoms with Crippen molar-refractivity contribution in [2.75, 3.05) is 12.3 Å². The molecule has 0 spiro atoms. The van der Waals surface area contributed by atoms with E-state index < -0.39 is 41.8 Å². The van der Waals surface area contributed by atoms with E-state index in [4.69, 9.17) is 5.73 Å². The van der Waals surface area contributed by atoms with Crippen molar-refractivity contribution in [3.05, 3.63) is 32.4 Å². The molecule has 0 amide bonds. The van der Waals surface area contributed by atoms with Crippen molar-refractivity contribution in [3.63, 3.8) is 0 Å². The van der Waals surface area contributed by atoms with Crippen molar-refractivity contribution >= 4 is 27.1 Å². The Morgan fingerprint density at radius 2 is 1.84 bits per heavy atom. The predicted octanol–water partition coefficient (Wildman–Crippen LogP) is 0.383. The normalized spacial score (nSPS) is 11.2. The summed E-state index contributed by atoms with van der Waals surface area (Å²) in [6.45, 7) is 1.50. The summed E-state index contributed by atoms with van der Waals surface area (Å²) in [5, 5.41) is 21.4. The van der Waals surface area contributed by atoms with Crippen LogP contribution in [0.5, 0.6) is 0 Å². The number of nitro benzene ring substituents is 2. The maximum absolute atomic E-state index is 11.8. The van der Waals surface area contributed by atoms with Gasteiger partial charge in [0.15, 0.2) is 0 Å². The highest BCUT2D eigenvalue weighted by Crippen LogP contribution is 2.33. The van der Waals surface area contributed by atoms with Gasteiger partial charge in [-0.25, -0.2) is 13.1 Å². The van der Waals surface area contributed by atoms with Gasteiger partial charge >= 0.3 is 0 Å². The summed E-state index contributed by atoms with van der Waals surface area (Å²) in [4.78, 5) is 18.8. The fraction of sp³-hybridized carbons (Fsp3) is 0.250. The minimum atomic E-state index is -4.14. The van der Waals surface area contributed by atoms with E-state index in [2.05, 4.69) is 4.72 Å². The minimum Gasteiger partial charge on any atom is -0.392 e. The molecule has 104 valence electrons. The standard InChI is InChI=1S/C8H10N4O6S/c1-2-10-19(17,18)7-4-5(11(13)14)3-6(8(7)9)12(15)16/h3-4,10H,2,9H2,1H3. The molecule has 3 N–H and O–H groups in total. The highest BCUT2D eigenvalue weighted by molar-refractivity contribution is 7.89. The van der Waals surface area contributed by atoms with Gasteiger partial charge < -0.3 is 5.73 Å². The lowest BCUT2D eigenvalue weighted by Crippen LogP contribution is -2.24. The van der Waals surface area contributed by atoms with Gasteiger partial charge in [0.2, 0.25) is 10.0 Å². The molecule has 0 atom stereocenters. The van der Waals surface area contributed by atoms with E-state index in [9.17, 15) is 28.6 Å². The molecule has 1 aromatic rings. The van der Waals surface area contributed by atoms with Crippen LogP contribution in [0.3, 0.4) is 0 Å². The molecule has 0 unspecified atom stereocenters. The first kappa shape index (κ1) is 14.8. The quantitative estimate of drug-likeness (QED) is 0.450. The lowest BCUT2D eigenvalue weighted by atomic mass is 10.2. The van der Waals surface area contributed by atoms with Gasteiger partial charge in [0.05, 0.1) is 15.9 Å². The first-order valence-corrected chi connectivity index (χ1v) is 6.41. The van der Waals surface area contributed by atoms with Gasteiger partial charge in [0, 0.05) is 12.6 Å². The first-order chi connectivity index (χ1) is 8.70. The zero-order chi connectivity index (χ0) is 14.8. The van der Waals surface area contributed by atoms with E-state index in [1.165, 1.54) is 6.92 Å². The fourth-order valence-electron chi connectivity index (χ4n) is 1.34. The van der Waals surface area contributed by atoms with Gasteiger partial charge in [0.25, 0.3) is 11.4 Å². The Hall–Kier alpha value is -2.27. The Kier molecular flexibility index (Phi) is 4.01. The number of nitrogens with one attached hydrogen (secondary N) is 1. The van der Waals surface area contributed by atoms with Crippen LogP contribution in [0.4, 0.5) is 17.1 Å². The van der Waals surface area contributed by atoms with E-state index in [-0.39, 0.29) is 6.54 Å². The van der Waals surface area contributed by atoms with E-state index in [0.29, 0.717) is 12.1 Å². The Morgan fingerprint density at radius 1 is 1.26 bits per heavy atom. The number of benzene rings is 1. The Labute approximate surface area is 107 Å². The van der Waals surface area contributed by atoms with Gasteiger partial charge in [-0.05, 0) is 0 Å². The molecule has 1 rings (SSSR count). The molecule has 0 aliphatic rings.